The number of hydrogen-bond acceptors (Lipinski definition) is 8. The Kier molecular flexibility index (Phi) is 6.30. The monoisotopic (exact) mass is 497 g/mol. The quantitative estimate of drug-likeness (QED) is 0.472. The van der Waals surface area contributed by atoms with E-state index in [1.54, 1.807) is 24.4 Å². The Morgan fingerprint density at radius 3 is 2.92 bits per heavy atom. The van der Waals surface area contributed by atoms with Crippen LogP contribution in [0.25, 0.3) is 11.3 Å². The summed E-state index contributed by atoms with van der Waals surface area (Å²) >= 11 is 0. The first-order valence-electron chi connectivity index (χ1n) is 12.4. The third kappa shape index (κ3) is 4.78. The van der Waals surface area contributed by atoms with Crippen molar-refractivity contribution in [2.45, 2.75) is 18.9 Å². The molecule has 9 heteroatoms. The van der Waals surface area contributed by atoms with E-state index in [2.05, 4.69) is 49.9 Å². The number of fused-ring (bicyclic) bond motifs is 1. The van der Waals surface area contributed by atoms with E-state index in [9.17, 15) is 9.90 Å². The number of aliphatic hydroxyl groups is 1. The first kappa shape index (κ1) is 23.2. The highest BCUT2D eigenvalue weighted by Crippen LogP contribution is 2.35. The number of hydroxylamine groups is 1. The fourth-order valence-electron chi connectivity index (χ4n) is 4.91. The van der Waals surface area contributed by atoms with Crippen LogP contribution in [0.4, 0.5) is 11.6 Å². The van der Waals surface area contributed by atoms with Gasteiger partial charge in [0.2, 0.25) is 5.95 Å². The lowest BCUT2D eigenvalue weighted by atomic mass is 9.93. The van der Waals surface area contributed by atoms with Crippen molar-refractivity contribution in [2.75, 3.05) is 29.9 Å². The van der Waals surface area contributed by atoms with Gasteiger partial charge in [0.25, 0.3) is 5.91 Å². The normalized spacial score (nSPS) is 20.9. The minimum absolute atomic E-state index is 0.0641. The summed E-state index contributed by atoms with van der Waals surface area (Å²) in [7, 11) is 0. The molecule has 3 N–H and O–H groups in total. The number of allylic oxidation sites excluding steroid dienone is 2. The van der Waals surface area contributed by atoms with Gasteiger partial charge in [-0.2, -0.15) is 0 Å². The van der Waals surface area contributed by atoms with Crippen molar-refractivity contribution in [3.8, 4) is 0 Å². The second-order valence-electron chi connectivity index (χ2n) is 9.32. The van der Waals surface area contributed by atoms with Gasteiger partial charge in [-0.1, -0.05) is 12.2 Å². The molecule has 0 saturated carbocycles. The van der Waals surface area contributed by atoms with Crippen LogP contribution in [0.2, 0.25) is 0 Å². The molecule has 3 aromatic rings. The molecule has 1 aliphatic carbocycles. The zero-order valence-corrected chi connectivity index (χ0v) is 20.1. The molecule has 1 fully saturated rings. The number of piperidine rings is 1. The highest BCUT2D eigenvalue weighted by Gasteiger charge is 2.28. The number of aromatic nitrogens is 2. The highest BCUT2D eigenvalue weighted by atomic mass is 16.7. The molecule has 1 aromatic carbocycles. The van der Waals surface area contributed by atoms with Crippen LogP contribution >= 0.6 is 0 Å². The number of benzene rings is 1. The molecule has 3 aliphatic rings. The average Bonchev–Trinajstić information content (AvgIpc) is 3.64. The Morgan fingerprint density at radius 1 is 1.22 bits per heavy atom. The zero-order chi connectivity index (χ0) is 25.2. The molecule has 2 aromatic heterocycles. The first-order chi connectivity index (χ1) is 18.2. The third-order valence-electron chi connectivity index (χ3n) is 6.86. The largest absolute Gasteiger partial charge is 0.459 e. The van der Waals surface area contributed by atoms with Gasteiger partial charge in [0.05, 0.1) is 18.0 Å². The second kappa shape index (κ2) is 10.0. The summed E-state index contributed by atoms with van der Waals surface area (Å²) in [5.74, 6) is 1.08. The van der Waals surface area contributed by atoms with E-state index in [1.165, 1.54) is 6.26 Å². The maximum absolute atomic E-state index is 12.3. The Bertz CT molecular complexity index is 1380. The van der Waals surface area contributed by atoms with Crippen LogP contribution < -0.4 is 15.7 Å². The van der Waals surface area contributed by atoms with Crippen LogP contribution in [-0.2, 0) is 4.84 Å². The smallest absolute Gasteiger partial charge is 0.293 e. The molecule has 1 amide bonds. The predicted octanol–water partition coefficient (Wildman–Crippen LogP) is 3.80. The van der Waals surface area contributed by atoms with Crippen LogP contribution in [-0.4, -0.2) is 46.7 Å². The van der Waals surface area contributed by atoms with Gasteiger partial charge in [-0.05, 0) is 67.3 Å². The van der Waals surface area contributed by atoms with Gasteiger partial charge in [0.1, 0.15) is 0 Å². The molecular weight excluding hydrogens is 470 g/mol. The average molecular weight is 498 g/mol. The van der Waals surface area contributed by atoms with Gasteiger partial charge in [-0.15, -0.1) is 5.48 Å². The van der Waals surface area contributed by atoms with E-state index in [1.807, 2.05) is 18.2 Å². The molecule has 9 nitrogen and oxygen atoms in total. The van der Waals surface area contributed by atoms with Crippen molar-refractivity contribution < 1.29 is 19.2 Å². The number of nitrogens with zero attached hydrogens (tertiary/aromatic N) is 3. The molecule has 188 valence electrons. The third-order valence-corrected chi connectivity index (χ3v) is 6.86. The summed E-state index contributed by atoms with van der Waals surface area (Å²) in [5.41, 5.74) is 7.77. The molecule has 0 bridgehead atoms. The van der Waals surface area contributed by atoms with Crippen molar-refractivity contribution in [1.82, 2.24) is 15.4 Å². The van der Waals surface area contributed by atoms with Crippen molar-refractivity contribution in [3.63, 3.8) is 0 Å². The van der Waals surface area contributed by atoms with Crippen molar-refractivity contribution in [3.05, 3.63) is 95.7 Å². The fraction of sp³-hybridized carbons (Fsp3) is 0.250. The Morgan fingerprint density at radius 2 is 2.11 bits per heavy atom. The molecule has 37 heavy (non-hydrogen) atoms. The predicted molar refractivity (Wildman–Crippen MR) is 139 cm³/mol. The lowest BCUT2D eigenvalue weighted by Crippen LogP contribution is -2.36. The summed E-state index contributed by atoms with van der Waals surface area (Å²) in [5, 5.41) is 12.2. The lowest BCUT2D eigenvalue weighted by molar-refractivity contribution is 0.0995. The molecule has 2 unspecified atom stereocenters. The SMILES string of the molecule is O=C(Nc1nccc(C2=CC3=C(c4ccc(N5CCCC(CO)C5)cc4)ONC3C=C2)n1)c1ccco1. The maximum Gasteiger partial charge on any atom is 0.293 e. The number of aliphatic hydroxyl groups excluding tert-OH is 1. The minimum atomic E-state index is -0.409. The van der Waals surface area contributed by atoms with Crippen molar-refractivity contribution in [1.29, 1.82) is 0 Å². The Balaban J connectivity index is 1.23. The molecule has 2 atom stereocenters. The Hall–Kier alpha value is -4.21. The van der Waals surface area contributed by atoms with Crippen molar-refractivity contribution in [2.24, 2.45) is 5.92 Å². The van der Waals surface area contributed by atoms with Crippen molar-refractivity contribution >= 4 is 28.9 Å². The number of amides is 1. The van der Waals surface area contributed by atoms with Gasteiger partial charge in [0.15, 0.2) is 11.5 Å². The van der Waals surface area contributed by atoms with Crippen LogP contribution in [0.15, 0.2) is 83.1 Å². The number of furan rings is 1. The number of nitrogens with one attached hydrogen (secondary N) is 2. The summed E-state index contributed by atoms with van der Waals surface area (Å²) in [4.78, 5) is 29.2. The second-order valence-corrected chi connectivity index (χ2v) is 9.32. The van der Waals surface area contributed by atoms with Crippen LogP contribution in [0, 0.1) is 5.92 Å². The molecule has 2 aliphatic heterocycles. The van der Waals surface area contributed by atoms with E-state index in [0.29, 0.717) is 11.6 Å². The molecule has 1 saturated heterocycles. The van der Waals surface area contributed by atoms with E-state index < -0.39 is 5.91 Å². The van der Waals surface area contributed by atoms with Crippen LogP contribution in [0.1, 0.15) is 34.7 Å². The minimum Gasteiger partial charge on any atom is -0.459 e. The molecule has 6 rings (SSSR count). The van der Waals surface area contributed by atoms with E-state index >= 15 is 0 Å². The number of carbonyl (C=O) groups is 1. The van der Waals surface area contributed by atoms with Gasteiger partial charge < -0.3 is 19.3 Å². The molecular formula is C28H27N5O4. The topological polar surface area (TPSA) is 113 Å². The standard InChI is InChI=1S/C28H27N5O4/c34-17-18-3-1-13-33(16-18)21-8-5-19(6-9-21)26-22-15-20(7-10-24(22)32-37-26)23-11-12-29-28(30-23)31-27(35)25-4-2-14-36-25/h2,4-12,14-15,18,24,32,34H,1,3,13,16-17H2,(H,29,30,31,35). The van der Waals surface area contributed by atoms with Gasteiger partial charge >= 0.3 is 0 Å². The lowest BCUT2D eigenvalue weighted by Gasteiger charge is -2.33. The highest BCUT2D eigenvalue weighted by molar-refractivity contribution is 6.01. The number of hydrogen-bond donors (Lipinski definition) is 3. The van der Waals surface area contributed by atoms with Gasteiger partial charge in [-0.25, -0.2) is 9.97 Å². The van der Waals surface area contributed by atoms with Gasteiger partial charge in [0, 0.05) is 48.3 Å². The summed E-state index contributed by atoms with van der Waals surface area (Å²) in [6, 6.07) is 13.3. The van der Waals surface area contributed by atoms with E-state index in [-0.39, 0.29) is 24.4 Å². The molecule has 0 radical (unpaired) electrons. The van der Waals surface area contributed by atoms with Crippen LogP contribution in [0.3, 0.4) is 0 Å². The number of carbonyl (C=O) groups excluding carboxylic acids is 1. The zero-order valence-electron chi connectivity index (χ0n) is 20.1. The van der Waals surface area contributed by atoms with Gasteiger partial charge in [-0.3, -0.25) is 10.1 Å². The Labute approximate surface area is 214 Å². The maximum atomic E-state index is 12.3. The fourth-order valence-corrected chi connectivity index (χ4v) is 4.91. The molecule has 0 spiro atoms. The van der Waals surface area contributed by atoms with E-state index in [0.717, 1.165) is 54.1 Å². The van der Waals surface area contributed by atoms with E-state index in [4.69, 9.17) is 9.25 Å². The molecule has 4 heterocycles. The first-order valence-corrected chi connectivity index (χ1v) is 12.4. The number of rotatable bonds is 6. The van der Waals surface area contributed by atoms with Crippen LogP contribution in [0.5, 0.6) is 0 Å². The summed E-state index contributed by atoms with van der Waals surface area (Å²) in [6.45, 7) is 2.12. The summed E-state index contributed by atoms with van der Waals surface area (Å²) < 4.78 is 5.14. The number of anilines is 2. The summed E-state index contributed by atoms with van der Waals surface area (Å²) in [6.07, 6.45) is 11.3.